The molecule has 2 aliphatic rings. The first-order chi connectivity index (χ1) is 12.2. The van der Waals surface area contributed by atoms with Crippen molar-refractivity contribution in [2.45, 2.75) is 19.3 Å². The quantitative estimate of drug-likeness (QED) is 0.842. The van der Waals surface area contributed by atoms with Crippen LogP contribution < -0.4 is 9.64 Å². The molecule has 1 spiro atoms. The SMILES string of the molecule is O=C(Oc1ccccc1)N1CCC[C@@]2(CCN(c3ncccn3)C2)C1. The summed E-state index contributed by atoms with van der Waals surface area (Å²) < 4.78 is 5.52. The van der Waals surface area contributed by atoms with E-state index >= 15 is 0 Å². The second kappa shape index (κ2) is 6.70. The van der Waals surface area contributed by atoms with Gasteiger partial charge in [-0.25, -0.2) is 14.8 Å². The van der Waals surface area contributed by atoms with Crippen molar-refractivity contribution in [2.24, 2.45) is 5.41 Å². The predicted octanol–water partition coefficient (Wildman–Crippen LogP) is 2.97. The molecular weight excluding hydrogens is 316 g/mol. The summed E-state index contributed by atoms with van der Waals surface area (Å²) in [6.45, 7) is 3.33. The summed E-state index contributed by atoms with van der Waals surface area (Å²) in [4.78, 5) is 25.3. The van der Waals surface area contributed by atoms with E-state index in [1.54, 1.807) is 12.4 Å². The number of piperidine rings is 1. The van der Waals surface area contributed by atoms with Gasteiger partial charge in [0.15, 0.2) is 0 Å². The number of ether oxygens (including phenoxy) is 1. The van der Waals surface area contributed by atoms with Gasteiger partial charge in [0.2, 0.25) is 5.95 Å². The number of carbonyl (C=O) groups excluding carboxylic acids is 1. The van der Waals surface area contributed by atoms with Crippen LogP contribution in [-0.2, 0) is 0 Å². The maximum Gasteiger partial charge on any atom is 0.415 e. The fourth-order valence-corrected chi connectivity index (χ4v) is 3.91. The van der Waals surface area contributed by atoms with E-state index < -0.39 is 0 Å². The highest BCUT2D eigenvalue weighted by molar-refractivity contribution is 5.70. The number of anilines is 1. The van der Waals surface area contributed by atoms with Crippen LogP contribution in [0.4, 0.5) is 10.7 Å². The summed E-state index contributed by atoms with van der Waals surface area (Å²) >= 11 is 0. The van der Waals surface area contributed by atoms with E-state index in [9.17, 15) is 4.79 Å². The van der Waals surface area contributed by atoms with Crippen molar-refractivity contribution in [1.29, 1.82) is 0 Å². The Morgan fingerprint density at radius 3 is 2.60 bits per heavy atom. The van der Waals surface area contributed by atoms with Gasteiger partial charge in [0.05, 0.1) is 0 Å². The number of aromatic nitrogens is 2. The van der Waals surface area contributed by atoms with Crippen LogP contribution in [0, 0.1) is 5.41 Å². The molecule has 0 saturated carbocycles. The minimum Gasteiger partial charge on any atom is -0.410 e. The fourth-order valence-electron chi connectivity index (χ4n) is 3.91. The molecule has 0 N–H and O–H groups in total. The van der Waals surface area contributed by atoms with Crippen molar-refractivity contribution in [3.63, 3.8) is 0 Å². The predicted molar refractivity (Wildman–Crippen MR) is 94.6 cm³/mol. The molecular formula is C19H22N4O2. The number of benzene rings is 1. The van der Waals surface area contributed by atoms with Crippen molar-refractivity contribution >= 4 is 12.0 Å². The minimum atomic E-state index is -0.250. The molecule has 1 aromatic carbocycles. The van der Waals surface area contributed by atoms with Crippen LogP contribution in [0.5, 0.6) is 5.75 Å². The molecule has 2 aromatic rings. The Bertz CT molecular complexity index is 725. The lowest BCUT2D eigenvalue weighted by Gasteiger charge is -2.39. The Hall–Kier alpha value is -2.63. The van der Waals surface area contributed by atoms with E-state index in [1.165, 1.54) is 0 Å². The van der Waals surface area contributed by atoms with Crippen LogP contribution in [0.15, 0.2) is 48.8 Å². The first-order valence-corrected chi connectivity index (χ1v) is 8.78. The molecule has 130 valence electrons. The third-order valence-corrected chi connectivity index (χ3v) is 5.14. The van der Waals surface area contributed by atoms with Crippen molar-refractivity contribution in [1.82, 2.24) is 14.9 Å². The molecule has 1 amide bonds. The zero-order valence-corrected chi connectivity index (χ0v) is 14.2. The van der Waals surface area contributed by atoms with Gasteiger partial charge >= 0.3 is 6.09 Å². The van der Waals surface area contributed by atoms with E-state index in [0.717, 1.165) is 51.4 Å². The second-order valence-corrected chi connectivity index (χ2v) is 6.93. The van der Waals surface area contributed by atoms with Crippen LogP contribution in [0.25, 0.3) is 0 Å². The summed E-state index contributed by atoms with van der Waals surface area (Å²) in [5.74, 6) is 1.38. The molecule has 4 rings (SSSR count). The molecule has 0 aliphatic carbocycles. The lowest BCUT2D eigenvalue weighted by Crippen LogP contribution is -2.48. The number of nitrogens with zero attached hydrogens (tertiary/aromatic N) is 4. The Labute approximate surface area is 147 Å². The number of carbonyl (C=O) groups is 1. The Morgan fingerprint density at radius 2 is 1.80 bits per heavy atom. The average Bonchev–Trinajstić information content (AvgIpc) is 3.06. The van der Waals surface area contributed by atoms with Crippen molar-refractivity contribution in [3.8, 4) is 5.75 Å². The van der Waals surface area contributed by atoms with E-state index in [-0.39, 0.29) is 11.5 Å². The molecule has 6 nitrogen and oxygen atoms in total. The van der Waals surface area contributed by atoms with Gasteiger partial charge in [-0.15, -0.1) is 0 Å². The number of hydrogen-bond acceptors (Lipinski definition) is 5. The summed E-state index contributed by atoms with van der Waals surface area (Å²) in [5.41, 5.74) is 0.118. The number of hydrogen-bond donors (Lipinski definition) is 0. The molecule has 1 aromatic heterocycles. The molecule has 1 atom stereocenters. The standard InChI is InChI=1S/C19H22N4O2/c24-18(25-16-6-2-1-3-7-16)23-12-4-8-19(15-23)9-13-22(14-19)17-20-10-5-11-21-17/h1-3,5-7,10-11H,4,8-9,12-15H2/t19-/m0/s1. The molecule has 2 fully saturated rings. The van der Waals surface area contributed by atoms with Crippen molar-refractivity contribution in [2.75, 3.05) is 31.1 Å². The van der Waals surface area contributed by atoms with E-state index in [0.29, 0.717) is 5.75 Å². The van der Waals surface area contributed by atoms with E-state index in [2.05, 4.69) is 14.9 Å². The lowest BCUT2D eigenvalue weighted by molar-refractivity contribution is 0.0926. The fraction of sp³-hybridized carbons (Fsp3) is 0.421. The normalized spacial score (nSPS) is 23.0. The molecule has 25 heavy (non-hydrogen) atoms. The smallest absolute Gasteiger partial charge is 0.410 e. The molecule has 2 aliphatic heterocycles. The van der Waals surface area contributed by atoms with E-state index in [4.69, 9.17) is 4.74 Å². The van der Waals surface area contributed by atoms with Gasteiger partial charge in [-0.3, -0.25) is 0 Å². The second-order valence-electron chi connectivity index (χ2n) is 6.93. The average molecular weight is 338 g/mol. The third-order valence-electron chi connectivity index (χ3n) is 5.14. The van der Waals surface area contributed by atoms with Gasteiger partial charge in [0.1, 0.15) is 5.75 Å². The van der Waals surface area contributed by atoms with Crippen LogP contribution in [0.2, 0.25) is 0 Å². The Balaban J connectivity index is 1.42. The van der Waals surface area contributed by atoms with Crippen molar-refractivity contribution in [3.05, 3.63) is 48.8 Å². The summed E-state index contributed by atoms with van der Waals surface area (Å²) in [5, 5.41) is 0. The van der Waals surface area contributed by atoms with Crippen LogP contribution in [0.1, 0.15) is 19.3 Å². The molecule has 0 unspecified atom stereocenters. The topological polar surface area (TPSA) is 58.6 Å². The first kappa shape index (κ1) is 15.9. The summed E-state index contributed by atoms with van der Waals surface area (Å²) in [7, 11) is 0. The molecule has 6 heteroatoms. The van der Waals surface area contributed by atoms with Gasteiger partial charge in [-0.05, 0) is 37.5 Å². The maximum atomic E-state index is 12.5. The number of likely N-dealkylation sites (tertiary alicyclic amines) is 1. The van der Waals surface area contributed by atoms with Gasteiger partial charge in [-0.2, -0.15) is 0 Å². The minimum absolute atomic E-state index is 0.118. The highest BCUT2D eigenvalue weighted by Gasteiger charge is 2.43. The van der Waals surface area contributed by atoms with Crippen LogP contribution in [-0.4, -0.2) is 47.1 Å². The zero-order valence-electron chi connectivity index (χ0n) is 14.2. The third kappa shape index (κ3) is 3.43. The highest BCUT2D eigenvalue weighted by Crippen LogP contribution is 2.40. The van der Waals surface area contributed by atoms with Crippen molar-refractivity contribution < 1.29 is 9.53 Å². The first-order valence-electron chi connectivity index (χ1n) is 8.78. The molecule has 3 heterocycles. The van der Waals surface area contributed by atoms with E-state index in [1.807, 2.05) is 41.3 Å². The molecule has 2 saturated heterocycles. The van der Waals surface area contributed by atoms with Gasteiger partial charge in [-0.1, -0.05) is 18.2 Å². The van der Waals surface area contributed by atoms with Crippen LogP contribution in [0.3, 0.4) is 0 Å². The molecule has 0 bridgehead atoms. The highest BCUT2D eigenvalue weighted by atomic mass is 16.6. The zero-order chi connectivity index (χ0) is 17.1. The number of amides is 1. The monoisotopic (exact) mass is 338 g/mol. The largest absolute Gasteiger partial charge is 0.415 e. The Morgan fingerprint density at radius 1 is 1.00 bits per heavy atom. The lowest BCUT2D eigenvalue weighted by atomic mass is 9.79. The van der Waals surface area contributed by atoms with Crippen LogP contribution >= 0.6 is 0 Å². The molecule has 0 radical (unpaired) electrons. The summed E-state index contributed by atoms with van der Waals surface area (Å²) in [6.07, 6.45) is 6.49. The van der Waals surface area contributed by atoms with Gasteiger partial charge < -0.3 is 14.5 Å². The number of rotatable bonds is 2. The Kier molecular flexibility index (Phi) is 4.26. The van der Waals surface area contributed by atoms with Gasteiger partial charge in [0, 0.05) is 44.0 Å². The van der Waals surface area contributed by atoms with Gasteiger partial charge in [0.25, 0.3) is 0 Å². The number of para-hydroxylation sites is 1. The summed E-state index contributed by atoms with van der Waals surface area (Å²) in [6, 6.07) is 11.1. The maximum absolute atomic E-state index is 12.5.